The molecule has 0 spiro atoms. The van der Waals surface area contributed by atoms with Crippen molar-refractivity contribution in [1.29, 1.82) is 0 Å². The van der Waals surface area contributed by atoms with Gasteiger partial charge in [0.05, 0.1) is 25.4 Å². The number of ether oxygens (including phenoxy) is 3. The van der Waals surface area contributed by atoms with Crippen LogP contribution in [0.15, 0.2) is 0 Å². The minimum atomic E-state index is -1.15. The van der Waals surface area contributed by atoms with Crippen molar-refractivity contribution < 1.29 is 24.1 Å². The monoisotopic (exact) mass is 286 g/mol. The third kappa shape index (κ3) is 2.52. The fraction of sp³-hybridized carbons (Fsp3) is 0.933. The molecule has 5 heteroatoms. The molecule has 0 radical (unpaired) electrons. The van der Waals surface area contributed by atoms with E-state index in [9.17, 15) is 9.90 Å². The van der Waals surface area contributed by atoms with E-state index in [-0.39, 0.29) is 24.1 Å². The first-order valence-corrected chi connectivity index (χ1v) is 7.36. The van der Waals surface area contributed by atoms with Gasteiger partial charge in [0.15, 0.2) is 17.7 Å². The van der Waals surface area contributed by atoms with Crippen LogP contribution >= 0.6 is 0 Å². The molecule has 0 amide bonds. The van der Waals surface area contributed by atoms with Gasteiger partial charge in [0.2, 0.25) is 0 Å². The summed E-state index contributed by atoms with van der Waals surface area (Å²) in [6, 6.07) is 0. The van der Waals surface area contributed by atoms with E-state index in [1.54, 1.807) is 0 Å². The Morgan fingerprint density at radius 1 is 1.35 bits per heavy atom. The van der Waals surface area contributed by atoms with Crippen molar-refractivity contribution in [3.8, 4) is 0 Å². The maximum absolute atomic E-state index is 12.8. The zero-order valence-electron chi connectivity index (χ0n) is 13.0. The Balaban J connectivity index is 2.26. The second-order valence-corrected chi connectivity index (χ2v) is 6.82. The van der Waals surface area contributed by atoms with Gasteiger partial charge in [-0.25, -0.2) is 0 Å². The molecule has 116 valence electrons. The topological polar surface area (TPSA) is 65.0 Å². The van der Waals surface area contributed by atoms with Crippen molar-refractivity contribution in [2.75, 3.05) is 13.2 Å². The van der Waals surface area contributed by atoms with Gasteiger partial charge in [-0.15, -0.1) is 0 Å². The van der Waals surface area contributed by atoms with Crippen LogP contribution in [0.3, 0.4) is 0 Å². The van der Waals surface area contributed by atoms with Crippen LogP contribution in [0.5, 0.6) is 0 Å². The van der Waals surface area contributed by atoms with Gasteiger partial charge in [-0.05, 0) is 13.3 Å². The maximum Gasteiger partial charge on any atom is 0.172 e. The van der Waals surface area contributed by atoms with Crippen molar-refractivity contribution in [3.05, 3.63) is 0 Å². The lowest BCUT2D eigenvalue weighted by atomic mass is 9.70. The van der Waals surface area contributed by atoms with Gasteiger partial charge >= 0.3 is 0 Å². The molecule has 2 heterocycles. The van der Waals surface area contributed by atoms with Crippen molar-refractivity contribution >= 4 is 5.78 Å². The lowest BCUT2D eigenvalue weighted by molar-refractivity contribution is -0.302. The number of aliphatic hydroxyl groups is 1. The summed E-state index contributed by atoms with van der Waals surface area (Å²) in [5.41, 5.74) is -1.71. The average Bonchev–Trinajstić information content (AvgIpc) is 2.38. The fourth-order valence-electron chi connectivity index (χ4n) is 3.17. The molecule has 5 atom stereocenters. The summed E-state index contributed by atoms with van der Waals surface area (Å²) in [6.45, 7) is 9.98. The molecule has 1 N–H and O–H groups in total. The number of hydrogen-bond acceptors (Lipinski definition) is 5. The molecule has 2 aliphatic rings. The van der Waals surface area contributed by atoms with E-state index in [1.165, 1.54) is 0 Å². The van der Waals surface area contributed by atoms with Crippen LogP contribution in [0.2, 0.25) is 0 Å². The molecule has 2 rings (SSSR count). The van der Waals surface area contributed by atoms with E-state index in [2.05, 4.69) is 0 Å². The Bertz CT molecular complexity index is 375. The Hall–Kier alpha value is -0.490. The zero-order valence-corrected chi connectivity index (χ0v) is 13.0. The highest BCUT2D eigenvalue weighted by Crippen LogP contribution is 2.40. The summed E-state index contributed by atoms with van der Waals surface area (Å²) in [5.74, 6) is -0.275. The van der Waals surface area contributed by atoms with Gasteiger partial charge in [-0.1, -0.05) is 27.7 Å². The molecule has 1 unspecified atom stereocenters. The van der Waals surface area contributed by atoms with Gasteiger partial charge in [0.25, 0.3) is 0 Å². The normalized spacial score (nSPS) is 42.1. The fourth-order valence-corrected chi connectivity index (χ4v) is 3.17. The summed E-state index contributed by atoms with van der Waals surface area (Å²) >= 11 is 0. The molecule has 0 aromatic carbocycles. The van der Waals surface area contributed by atoms with E-state index >= 15 is 0 Å². The molecule has 5 nitrogen and oxygen atoms in total. The van der Waals surface area contributed by atoms with E-state index in [0.29, 0.717) is 19.6 Å². The molecule has 0 saturated carbocycles. The molecule has 0 bridgehead atoms. The third-order valence-corrected chi connectivity index (χ3v) is 4.35. The van der Waals surface area contributed by atoms with Crippen LogP contribution in [0, 0.1) is 11.3 Å². The number of ketones is 1. The number of carbonyl (C=O) groups excluding carboxylic acids is 1. The van der Waals surface area contributed by atoms with Crippen molar-refractivity contribution in [3.63, 3.8) is 0 Å². The molecular formula is C15H26O5. The predicted octanol–water partition coefficient (Wildman–Crippen LogP) is 1.52. The first-order chi connectivity index (χ1) is 9.22. The number of fused-ring (bicyclic) bond motifs is 1. The van der Waals surface area contributed by atoms with E-state index < -0.39 is 17.1 Å². The molecule has 2 saturated heterocycles. The van der Waals surface area contributed by atoms with Gasteiger partial charge in [-0.2, -0.15) is 0 Å². The van der Waals surface area contributed by atoms with E-state index in [1.807, 2.05) is 34.6 Å². The molecule has 20 heavy (non-hydrogen) atoms. The third-order valence-electron chi connectivity index (χ3n) is 4.35. The number of hydrogen-bond donors (Lipinski definition) is 1. The van der Waals surface area contributed by atoms with Crippen LogP contribution in [0.1, 0.15) is 41.0 Å². The molecule has 2 aliphatic heterocycles. The molecule has 0 aromatic heterocycles. The Morgan fingerprint density at radius 3 is 2.55 bits per heavy atom. The number of rotatable bonds is 2. The lowest BCUT2D eigenvalue weighted by Gasteiger charge is -2.50. The standard InChI is InChI=1S/C15H26O5/c1-6-15(13(17)14(3,4)5)12(16)10-7-18-9(2)20-11(10)8-19-15/h9-12,16H,6-8H2,1-5H3/t9?,10-,11-,12+,15-/m1/s1. The Labute approximate surface area is 120 Å². The zero-order chi connectivity index (χ0) is 15.1. The molecule has 2 fully saturated rings. The van der Waals surface area contributed by atoms with Crippen LogP contribution in [0.25, 0.3) is 0 Å². The van der Waals surface area contributed by atoms with Crippen molar-refractivity contribution in [2.45, 2.75) is 65.1 Å². The van der Waals surface area contributed by atoms with Gasteiger partial charge < -0.3 is 19.3 Å². The summed E-state index contributed by atoms with van der Waals surface area (Å²) in [4.78, 5) is 12.8. The largest absolute Gasteiger partial charge is 0.389 e. The molecule has 0 aromatic rings. The predicted molar refractivity (Wildman–Crippen MR) is 73.2 cm³/mol. The highest BCUT2D eigenvalue weighted by atomic mass is 16.7. The first kappa shape index (κ1) is 15.9. The van der Waals surface area contributed by atoms with E-state index in [4.69, 9.17) is 14.2 Å². The minimum Gasteiger partial charge on any atom is -0.389 e. The number of carbonyl (C=O) groups is 1. The van der Waals surface area contributed by atoms with Crippen molar-refractivity contribution in [1.82, 2.24) is 0 Å². The van der Waals surface area contributed by atoms with Gasteiger partial charge in [-0.3, -0.25) is 4.79 Å². The number of aliphatic hydroxyl groups excluding tert-OH is 1. The van der Waals surface area contributed by atoms with Crippen molar-refractivity contribution in [2.24, 2.45) is 11.3 Å². The van der Waals surface area contributed by atoms with Gasteiger partial charge in [0.1, 0.15) is 0 Å². The lowest BCUT2D eigenvalue weighted by Crippen LogP contribution is -2.66. The summed E-state index contributed by atoms with van der Waals surface area (Å²) in [5, 5.41) is 10.7. The maximum atomic E-state index is 12.8. The minimum absolute atomic E-state index is 0.0583. The average molecular weight is 286 g/mol. The van der Waals surface area contributed by atoms with Crippen LogP contribution < -0.4 is 0 Å². The van der Waals surface area contributed by atoms with E-state index in [0.717, 1.165) is 0 Å². The summed E-state index contributed by atoms with van der Waals surface area (Å²) in [7, 11) is 0. The molecular weight excluding hydrogens is 260 g/mol. The molecule has 0 aliphatic carbocycles. The summed E-state index contributed by atoms with van der Waals surface area (Å²) in [6.07, 6.45) is -0.950. The Kier molecular flexibility index (Phi) is 4.27. The summed E-state index contributed by atoms with van der Waals surface area (Å²) < 4.78 is 17.0. The number of Topliss-reactive ketones (excluding diaryl/α,β-unsaturated/α-hetero) is 1. The van der Waals surface area contributed by atoms with Crippen LogP contribution in [-0.4, -0.2) is 48.2 Å². The first-order valence-electron chi connectivity index (χ1n) is 7.36. The highest BCUT2D eigenvalue weighted by molar-refractivity contribution is 5.92. The highest BCUT2D eigenvalue weighted by Gasteiger charge is 2.57. The van der Waals surface area contributed by atoms with Crippen LogP contribution in [0.4, 0.5) is 0 Å². The smallest absolute Gasteiger partial charge is 0.172 e. The second-order valence-electron chi connectivity index (χ2n) is 6.82. The SMILES string of the molecule is CC[C@@]1(C(=O)C(C)(C)C)OC[C@H]2OC(C)OC[C@H]2[C@@H]1O. The Morgan fingerprint density at radius 2 is 2.00 bits per heavy atom. The second kappa shape index (κ2) is 5.37. The van der Waals surface area contributed by atoms with Gasteiger partial charge in [0, 0.05) is 11.3 Å². The quantitative estimate of drug-likeness (QED) is 0.833. The van der Waals surface area contributed by atoms with Crippen LogP contribution in [-0.2, 0) is 19.0 Å².